The van der Waals surface area contributed by atoms with Crippen molar-refractivity contribution in [1.82, 2.24) is 4.90 Å². The summed E-state index contributed by atoms with van der Waals surface area (Å²) >= 11 is 0. The van der Waals surface area contributed by atoms with Crippen LogP contribution in [0.15, 0.2) is 30.0 Å². The lowest BCUT2D eigenvalue weighted by molar-refractivity contribution is 0.0826. The van der Waals surface area contributed by atoms with Crippen molar-refractivity contribution in [3.63, 3.8) is 0 Å². The highest BCUT2D eigenvalue weighted by Crippen LogP contribution is 2.43. The number of nitrogens with zero attached hydrogens (tertiary/aromatic N) is 1. The molecule has 7 heteroatoms. The van der Waals surface area contributed by atoms with Gasteiger partial charge in [-0.3, -0.25) is 9.69 Å². The van der Waals surface area contributed by atoms with Crippen LogP contribution in [0, 0.1) is 6.92 Å². The molecule has 2 aliphatic rings. The van der Waals surface area contributed by atoms with Gasteiger partial charge in [0.05, 0.1) is 19.8 Å². The number of hydrogen-bond acceptors (Lipinski definition) is 7. The first kappa shape index (κ1) is 21.2. The van der Waals surface area contributed by atoms with Crippen LogP contribution in [0.4, 0.5) is 0 Å². The largest absolute Gasteiger partial charge is 0.497 e. The lowest BCUT2D eigenvalue weighted by Gasteiger charge is -2.30. The topological polar surface area (TPSA) is 66.5 Å². The molecule has 0 saturated heterocycles. The molecule has 0 aromatic heterocycles. The Hall–Kier alpha value is -3.03. The Labute approximate surface area is 182 Å². The van der Waals surface area contributed by atoms with E-state index in [2.05, 4.69) is 4.90 Å². The fraction of sp³-hybridized carbons (Fsp3) is 0.375. The molecule has 0 unspecified atom stereocenters. The van der Waals surface area contributed by atoms with Crippen LogP contribution in [0.2, 0.25) is 0 Å². The highest BCUT2D eigenvalue weighted by molar-refractivity contribution is 6.15. The summed E-state index contributed by atoms with van der Waals surface area (Å²) in [5.41, 5.74) is 3.11. The second-order valence-electron chi connectivity index (χ2n) is 7.59. The molecule has 0 N–H and O–H groups in total. The summed E-state index contributed by atoms with van der Waals surface area (Å²) in [4.78, 5) is 15.3. The van der Waals surface area contributed by atoms with E-state index in [4.69, 9.17) is 23.7 Å². The van der Waals surface area contributed by atoms with E-state index in [0.717, 1.165) is 36.4 Å². The Bertz CT molecular complexity index is 1030. The Morgan fingerprint density at radius 3 is 2.71 bits per heavy atom. The lowest BCUT2D eigenvalue weighted by atomic mass is 10.00. The molecule has 2 heterocycles. The van der Waals surface area contributed by atoms with Gasteiger partial charge in [-0.1, -0.05) is 0 Å². The van der Waals surface area contributed by atoms with Gasteiger partial charge in [-0.25, -0.2) is 0 Å². The van der Waals surface area contributed by atoms with E-state index in [1.807, 2.05) is 19.1 Å². The van der Waals surface area contributed by atoms with Crippen LogP contribution in [0.1, 0.15) is 33.5 Å². The molecule has 0 radical (unpaired) electrons. The first-order valence-corrected chi connectivity index (χ1v) is 10.2. The van der Waals surface area contributed by atoms with Crippen molar-refractivity contribution in [3.05, 3.63) is 52.3 Å². The number of methoxy groups -OCH3 is 3. The maximum atomic E-state index is 13.1. The fourth-order valence-electron chi connectivity index (χ4n) is 3.97. The minimum absolute atomic E-state index is 0.151. The predicted molar refractivity (Wildman–Crippen MR) is 116 cm³/mol. The molecule has 4 rings (SSSR count). The SMILES string of the molecule is COCCCN1COc2c(cc3c(c2C)O/C(=C\c2cc(OC)ccc2OC)C3=O)C1. The highest BCUT2D eigenvalue weighted by Gasteiger charge is 2.33. The standard InChI is InChI=1S/C24H27NO6/c1-15-23-17(13-25(14-30-23)8-5-9-27-2)11-19-22(26)21(31-24(15)19)12-16-10-18(28-3)6-7-20(16)29-4/h6-7,10-12H,5,8-9,13-14H2,1-4H3/b21-12-. The zero-order chi connectivity index (χ0) is 22.0. The van der Waals surface area contributed by atoms with Gasteiger partial charge in [-0.2, -0.15) is 0 Å². The van der Waals surface area contributed by atoms with Crippen LogP contribution in [0.3, 0.4) is 0 Å². The number of ketones is 1. The second-order valence-corrected chi connectivity index (χ2v) is 7.59. The Morgan fingerprint density at radius 1 is 1.13 bits per heavy atom. The van der Waals surface area contributed by atoms with Crippen LogP contribution in [0.25, 0.3) is 6.08 Å². The highest BCUT2D eigenvalue weighted by atomic mass is 16.5. The van der Waals surface area contributed by atoms with Gasteiger partial charge in [0.15, 0.2) is 5.76 Å². The Kier molecular flexibility index (Phi) is 6.15. The Balaban J connectivity index is 1.63. The van der Waals surface area contributed by atoms with Crippen LogP contribution >= 0.6 is 0 Å². The molecule has 0 amide bonds. The van der Waals surface area contributed by atoms with E-state index < -0.39 is 0 Å². The summed E-state index contributed by atoms with van der Waals surface area (Å²) in [6.07, 6.45) is 2.62. The molecule has 2 aliphatic heterocycles. The van der Waals surface area contributed by atoms with E-state index >= 15 is 0 Å². The summed E-state index contributed by atoms with van der Waals surface area (Å²) in [6, 6.07) is 7.31. The van der Waals surface area contributed by atoms with Crippen LogP contribution < -0.4 is 18.9 Å². The summed E-state index contributed by atoms with van der Waals surface area (Å²) < 4.78 is 27.9. The summed E-state index contributed by atoms with van der Waals surface area (Å²) in [7, 11) is 4.88. The molecule has 0 saturated carbocycles. The number of benzene rings is 2. The van der Waals surface area contributed by atoms with Crippen molar-refractivity contribution in [2.24, 2.45) is 0 Å². The van der Waals surface area contributed by atoms with Gasteiger partial charge in [0, 0.05) is 43.5 Å². The van der Waals surface area contributed by atoms with Gasteiger partial charge >= 0.3 is 0 Å². The smallest absolute Gasteiger partial charge is 0.231 e. The number of ether oxygens (including phenoxy) is 5. The average molecular weight is 425 g/mol. The van der Waals surface area contributed by atoms with Crippen LogP contribution in [-0.4, -0.2) is 51.9 Å². The van der Waals surface area contributed by atoms with Crippen molar-refractivity contribution in [2.75, 3.05) is 41.2 Å². The molecule has 164 valence electrons. The minimum atomic E-state index is -0.151. The van der Waals surface area contributed by atoms with E-state index in [0.29, 0.717) is 41.7 Å². The molecular formula is C24H27NO6. The van der Waals surface area contributed by atoms with Crippen molar-refractivity contribution >= 4 is 11.9 Å². The van der Waals surface area contributed by atoms with Crippen molar-refractivity contribution in [2.45, 2.75) is 19.9 Å². The zero-order valence-corrected chi connectivity index (χ0v) is 18.3. The summed E-state index contributed by atoms with van der Waals surface area (Å²) in [6.45, 7) is 4.74. The number of carbonyl (C=O) groups is 1. The van der Waals surface area contributed by atoms with Crippen molar-refractivity contribution < 1.29 is 28.5 Å². The number of carbonyl (C=O) groups excluding carboxylic acids is 1. The Morgan fingerprint density at radius 2 is 1.97 bits per heavy atom. The molecule has 0 fully saturated rings. The first-order chi connectivity index (χ1) is 15.0. The molecular weight excluding hydrogens is 398 g/mol. The third-order valence-electron chi connectivity index (χ3n) is 5.55. The number of rotatable bonds is 7. The number of fused-ring (bicyclic) bond motifs is 2. The van der Waals surface area contributed by atoms with Gasteiger partial charge in [-0.15, -0.1) is 0 Å². The van der Waals surface area contributed by atoms with E-state index in [9.17, 15) is 4.79 Å². The molecule has 7 nitrogen and oxygen atoms in total. The van der Waals surface area contributed by atoms with Crippen molar-refractivity contribution in [1.29, 1.82) is 0 Å². The molecule has 0 atom stereocenters. The monoisotopic (exact) mass is 425 g/mol. The van der Waals surface area contributed by atoms with Crippen LogP contribution in [-0.2, 0) is 11.3 Å². The number of Topliss-reactive ketones (excluding diaryl/α,β-unsaturated/α-hetero) is 1. The first-order valence-electron chi connectivity index (χ1n) is 10.2. The predicted octanol–water partition coefficient (Wildman–Crippen LogP) is 3.82. The maximum absolute atomic E-state index is 13.1. The maximum Gasteiger partial charge on any atom is 0.231 e. The van der Waals surface area contributed by atoms with Crippen molar-refractivity contribution in [3.8, 4) is 23.0 Å². The minimum Gasteiger partial charge on any atom is -0.497 e. The molecule has 2 aromatic rings. The van der Waals surface area contributed by atoms with Gasteiger partial charge in [0.25, 0.3) is 0 Å². The quantitative estimate of drug-likeness (QED) is 0.494. The second kappa shape index (κ2) is 8.99. The zero-order valence-electron chi connectivity index (χ0n) is 18.3. The van der Waals surface area contributed by atoms with Gasteiger partial charge in [0.2, 0.25) is 5.78 Å². The number of allylic oxidation sites excluding steroid dienone is 1. The van der Waals surface area contributed by atoms with E-state index in [1.54, 1.807) is 39.5 Å². The normalized spacial score (nSPS) is 16.5. The third kappa shape index (κ3) is 4.11. The van der Waals surface area contributed by atoms with Gasteiger partial charge in [-0.05, 0) is 43.7 Å². The summed E-state index contributed by atoms with van der Waals surface area (Å²) in [5.74, 6) is 2.77. The van der Waals surface area contributed by atoms with E-state index in [-0.39, 0.29) is 11.5 Å². The molecule has 0 spiro atoms. The molecule has 0 bridgehead atoms. The van der Waals surface area contributed by atoms with Crippen LogP contribution in [0.5, 0.6) is 23.0 Å². The van der Waals surface area contributed by atoms with Gasteiger partial charge in [0.1, 0.15) is 29.7 Å². The molecule has 0 aliphatic carbocycles. The average Bonchev–Trinajstić information content (AvgIpc) is 3.09. The van der Waals surface area contributed by atoms with Gasteiger partial charge < -0.3 is 23.7 Å². The number of hydrogen-bond donors (Lipinski definition) is 0. The fourth-order valence-corrected chi connectivity index (χ4v) is 3.97. The lowest BCUT2D eigenvalue weighted by Crippen LogP contribution is -2.33. The molecule has 31 heavy (non-hydrogen) atoms. The third-order valence-corrected chi connectivity index (χ3v) is 5.55. The van der Waals surface area contributed by atoms with E-state index in [1.165, 1.54) is 0 Å². The summed E-state index contributed by atoms with van der Waals surface area (Å²) in [5, 5.41) is 0. The molecule has 2 aromatic carbocycles.